The summed E-state index contributed by atoms with van der Waals surface area (Å²) in [4.78, 5) is 28.1. The van der Waals surface area contributed by atoms with Crippen molar-refractivity contribution < 1.29 is 19.1 Å². The molecule has 31 heavy (non-hydrogen) atoms. The van der Waals surface area contributed by atoms with Crippen molar-refractivity contribution in [3.05, 3.63) is 53.6 Å². The smallest absolute Gasteiger partial charge is 0.344 e. The normalized spacial score (nSPS) is 13.8. The molecule has 0 unspecified atom stereocenters. The van der Waals surface area contributed by atoms with Gasteiger partial charge in [0.25, 0.3) is 0 Å². The Hall–Kier alpha value is -2.98. The number of thioether (sulfide) groups is 1. The first-order valence-electron chi connectivity index (χ1n) is 10.3. The third kappa shape index (κ3) is 5.80. The molecule has 0 aliphatic heterocycles. The standard InChI is InChI=1S/C24H26N2O4S/c1-26(18-8-4-3-5-9-18)23(27)16-31-22-11-7-6-10-19(22)24(28)30-20-13-12-17(15-25)14-21(20)29-2/h6-7,10-14,18H,3-5,8-9,16H2,1-2H3. The number of benzene rings is 2. The zero-order chi connectivity index (χ0) is 22.2. The molecule has 1 aliphatic rings. The Morgan fingerprint density at radius 1 is 1.13 bits per heavy atom. The molecule has 2 aromatic rings. The number of carbonyl (C=O) groups excluding carboxylic acids is 2. The minimum Gasteiger partial charge on any atom is -0.493 e. The van der Waals surface area contributed by atoms with Crippen LogP contribution in [0.5, 0.6) is 11.5 Å². The van der Waals surface area contributed by atoms with Gasteiger partial charge in [0.05, 0.1) is 30.1 Å². The topological polar surface area (TPSA) is 79.6 Å². The van der Waals surface area contributed by atoms with Crippen LogP contribution < -0.4 is 9.47 Å². The van der Waals surface area contributed by atoms with Gasteiger partial charge in [0, 0.05) is 24.1 Å². The maximum atomic E-state index is 12.8. The van der Waals surface area contributed by atoms with Crippen molar-refractivity contribution in [3.63, 3.8) is 0 Å². The number of amides is 1. The van der Waals surface area contributed by atoms with E-state index in [0.29, 0.717) is 27.8 Å². The molecule has 1 aliphatic carbocycles. The Morgan fingerprint density at radius 2 is 1.87 bits per heavy atom. The van der Waals surface area contributed by atoms with Crippen LogP contribution in [0.3, 0.4) is 0 Å². The molecule has 6 nitrogen and oxygen atoms in total. The van der Waals surface area contributed by atoms with Gasteiger partial charge in [-0.05, 0) is 37.1 Å². The largest absolute Gasteiger partial charge is 0.493 e. The maximum absolute atomic E-state index is 12.8. The lowest BCUT2D eigenvalue weighted by Gasteiger charge is -2.31. The average Bonchev–Trinajstić information content (AvgIpc) is 2.82. The van der Waals surface area contributed by atoms with Crippen molar-refractivity contribution in [3.8, 4) is 17.6 Å². The predicted octanol–water partition coefficient (Wildman–Crippen LogP) is 4.67. The number of methoxy groups -OCH3 is 1. The Morgan fingerprint density at radius 3 is 2.58 bits per heavy atom. The maximum Gasteiger partial charge on any atom is 0.344 e. The number of hydrogen-bond donors (Lipinski definition) is 0. The van der Waals surface area contributed by atoms with E-state index in [1.807, 2.05) is 30.1 Å². The van der Waals surface area contributed by atoms with E-state index in [2.05, 4.69) is 0 Å². The molecule has 1 fully saturated rings. The van der Waals surface area contributed by atoms with Crippen molar-refractivity contribution in [2.75, 3.05) is 19.9 Å². The minimum atomic E-state index is -0.542. The van der Waals surface area contributed by atoms with Crippen LogP contribution in [-0.4, -0.2) is 42.7 Å². The molecule has 0 spiro atoms. The summed E-state index contributed by atoms with van der Waals surface area (Å²) in [6.07, 6.45) is 5.70. The fraction of sp³-hybridized carbons (Fsp3) is 0.375. The Labute approximate surface area is 187 Å². The van der Waals surface area contributed by atoms with Crippen LogP contribution in [-0.2, 0) is 4.79 Å². The van der Waals surface area contributed by atoms with E-state index in [4.69, 9.17) is 14.7 Å². The molecular formula is C24H26N2O4S. The second-order valence-corrected chi connectivity index (χ2v) is 8.47. The van der Waals surface area contributed by atoms with Crippen molar-refractivity contribution >= 4 is 23.6 Å². The highest BCUT2D eigenvalue weighted by molar-refractivity contribution is 8.00. The fourth-order valence-electron chi connectivity index (χ4n) is 3.65. The van der Waals surface area contributed by atoms with E-state index >= 15 is 0 Å². The summed E-state index contributed by atoms with van der Waals surface area (Å²) in [5.41, 5.74) is 0.792. The summed E-state index contributed by atoms with van der Waals surface area (Å²) in [5.74, 6) is 0.326. The summed E-state index contributed by atoms with van der Waals surface area (Å²) >= 11 is 1.34. The van der Waals surface area contributed by atoms with Crippen LogP contribution in [0.1, 0.15) is 48.0 Å². The quantitative estimate of drug-likeness (QED) is 0.355. The molecule has 0 N–H and O–H groups in total. The molecule has 0 atom stereocenters. The molecule has 162 valence electrons. The van der Waals surface area contributed by atoms with Gasteiger partial charge in [0.2, 0.25) is 5.91 Å². The Balaban J connectivity index is 1.68. The number of esters is 1. The lowest BCUT2D eigenvalue weighted by molar-refractivity contribution is -0.129. The van der Waals surface area contributed by atoms with Crippen molar-refractivity contribution in [1.82, 2.24) is 4.90 Å². The molecule has 1 saturated carbocycles. The summed E-state index contributed by atoms with van der Waals surface area (Å²) in [6.45, 7) is 0. The van der Waals surface area contributed by atoms with Crippen LogP contribution in [0.2, 0.25) is 0 Å². The zero-order valence-corrected chi connectivity index (χ0v) is 18.6. The molecule has 7 heteroatoms. The predicted molar refractivity (Wildman–Crippen MR) is 119 cm³/mol. The monoisotopic (exact) mass is 438 g/mol. The van der Waals surface area contributed by atoms with E-state index in [9.17, 15) is 9.59 Å². The van der Waals surface area contributed by atoms with Crippen LogP contribution in [0.25, 0.3) is 0 Å². The average molecular weight is 439 g/mol. The van der Waals surface area contributed by atoms with E-state index in [0.717, 1.165) is 12.8 Å². The first-order chi connectivity index (χ1) is 15.0. The first kappa shape index (κ1) is 22.7. The highest BCUT2D eigenvalue weighted by Crippen LogP contribution is 2.31. The SMILES string of the molecule is COc1cc(C#N)ccc1OC(=O)c1ccccc1SCC(=O)N(C)C1CCCCC1. The van der Waals surface area contributed by atoms with Gasteiger partial charge in [-0.2, -0.15) is 5.26 Å². The molecule has 1 amide bonds. The summed E-state index contributed by atoms with van der Waals surface area (Å²) in [6, 6.07) is 14.0. The Bertz CT molecular complexity index is 980. The molecule has 3 rings (SSSR count). The van der Waals surface area contributed by atoms with Gasteiger partial charge in [0.15, 0.2) is 11.5 Å². The summed E-state index contributed by atoms with van der Waals surface area (Å²) in [5, 5.41) is 9.02. The summed E-state index contributed by atoms with van der Waals surface area (Å²) < 4.78 is 10.8. The molecule has 0 heterocycles. The third-order valence-corrected chi connectivity index (χ3v) is 6.53. The van der Waals surface area contributed by atoms with Crippen LogP contribution in [0.4, 0.5) is 0 Å². The minimum absolute atomic E-state index is 0.0637. The number of ether oxygens (including phenoxy) is 2. The molecule has 0 bridgehead atoms. The third-order valence-electron chi connectivity index (χ3n) is 5.47. The fourth-order valence-corrected chi connectivity index (χ4v) is 4.62. The molecule has 0 saturated heterocycles. The van der Waals surface area contributed by atoms with E-state index in [-0.39, 0.29) is 17.4 Å². The van der Waals surface area contributed by atoms with Gasteiger partial charge >= 0.3 is 5.97 Å². The lowest BCUT2D eigenvalue weighted by Crippen LogP contribution is -2.39. The van der Waals surface area contributed by atoms with Crippen molar-refractivity contribution in [2.45, 2.75) is 43.0 Å². The lowest BCUT2D eigenvalue weighted by atomic mass is 9.94. The second kappa shape index (κ2) is 10.9. The van der Waals surface area contributed by atoms with Gasteiger partial charge in [-0.3, -0.25) is 4.79 Å². The van der Waals surface area contributed by atoms with E-state index in [1.165, 1.54) is 50.3 Å². The van der Waals surface area contributed by atoms with Crippen molar-refractivity contribution in [2.24, 2.45) is 0 Å². The Kier molecular flexibility index (Phi) is 7.96. The van der Waals surface area contributed by atoms with Crippen molar-refractivity contribution in [1.29, 1.82) is 5.26 Å². The van der Waals surface area contributed by atoms with E-state index < -0.39 is 5.97 Å². The van der Waals surface area contributed by atoms with Crippen LogP contribution in [0, 0.1) is 11.3 Å². The number of nitriles is 1. The van der Waals surface area contributed by atoms with Crippen LogP contribution >= 0.6 is 11.8 Å². The highest BCUT2D eigenvalue weighted by Gasteiger charge is 2.23. The molecular weight excluding hydrogens is 412 g/mol. The second-order valence-electron chi connectivity index (χ2n) is 7.45. The van der Waals surface area contributed by atoms with Gasteiger partial charge in [-0.15, -0.1) is 11.8 Å². The molecule has 0 aromatic heterocycles. The highest BCUT2D eigenvalue weighted by atomic mass is 32.2. The van der Waals surface area contributed by atoms with Crippen LogP contribution in [0.15, 0.2) is 47.4 Å². The number of hydrogen-bond acceptors (Lipinski definition) is 6. The number of nitrogens with zero attached hydrogens (tertiary/aromatic N) is 2. The summed E-state index contributed by atoms with van der Waals surface area (Å²) in [7, 11) is 3.32. The van der Waals surface area contributed by atoms with E-state index in [1.54, 1.807) is 18.2 Å². The number of carbonyl (C=O) groups is 2. The molecule has 2 aromatic carbocycles. The number of rotatable bonds is 7. The van der Waals surface area contributed by atoms with Gasteiger partial charge < -0.3 is 14.4 Å². The van der Waals surface area contributed by atoms with Gasteiger partial charge in [-0.25, -0.2) is 4.79 Å². The zero-order valence-electron chi connectivity index (χ0n) is 17.8. The first-order valence-corrected chi connectivity index (χ1v) is 11.3. The van der Waals surface area contributed by atoms with Gasteiger partial charge in [-0.1, -0.05) is 31.4 Å². The van der Waals surface area contributed by atoms with Gasteiger partial charge in [0.1, 0.15) is 0 Å². The molecule has 0 radical (unpaired) electrons.